The lowest BCUT2D eigenvalue weighted by Crippen LogP contribution is -2.33. The zero-order chi connectivity index (χ0) is 15.4. The van der Waals surface area contributed by atoms with Crippen LogP contribution in [0.2, 0.25) is 0 Å². The molecule has 0 aromatic heterocycles. The smallest absolute Gasteiger partial charge is 0.228 e. The first-order valence-electron chi connectivity index (χ1n) is 7.79. The van der Waals surface area contributed by atoms with Gasteiger partial charge in [0.1, 0.15) is 0 Å². The summed E-state index contributed by atoms with van der Waals surface area (Å²) in [5, 5.41) is 10.4. The molecule has 1 aliphatic heterocycles. The minimum atomic E-state index is -0.601. The van der Waals surface area contributed by atoms with Crippen LogP contribution in [-0.2, 0) is 17.8 Å². The Labute approximate surface area is 131 Å². The third-order valence-electron chi connectivity index (χ3n) is 4.31. The minimum absolute atomic E-state index is 0.0762. The van der Waals surface area contributed by atoms with E-state index in [1.807, 2.05) is 65.6 Å². The van der Waals surface area contributed by atoms with E-state index in [0.29, 0.717) is 13.0 Å². The van der Waals surface area contributed by atoms with Crippen molar-refractivity contribution in [2.75, 3.05) is 6.54 Å². The molecule has 0 radical (unpaired) electrons. The number of aliphatic hydroxyl groups excluding tert-OH is 1. The molecule has 1 N–H and O–H groups in total. The van der Waals surface area contributed by atoms with Crippen LogP contribution in [0.1, 0.15) is 17.5 Å². The van der Waals surface area contributed by atoms with Crippen LogP contribution in [0.4, 0.5) is 0 Å². The molecule has 0 bridgehead atoms. The van der Waals surface area contributed by atoms with Crippen molar-refractivity contribution >= 4 is 5.91 Å². The second-order valence-electron chi connectivity index (χ2n) is 5.90. The lowest BCUT2D eigenvalue weighted by atomic mass is 9.95. The molecule has 0 spiro atoms. The van der Waals surface area contributed by atoms with Crippen molar-refractivity contribution in [2.24, 2.45) is 5.92 Å². The Bertz CT molecular complexity index is 612. The van der Waals surface area contributed by atoms with Crippen molar-refractivity contribution in [2.45, 2.75) is 25.5 Å². The first kappa shape index (κ1) is 14.8. The quantitative estimate of drug-likeness (QED) is 0.921. The fraction of sp³-hybridized carbons (Fsp3) is 0.316. The van der Waals surface area contributed by atoms with E-state index in [4.69, 9.17) is 0 Å². The van der Waals surface area contributed by atoms with Gasteiger partial charge in [-0.25, -0.2) is 0 Å². The van der Waals surface area contributed by atoms with Gasteiger partial charge in [0.25, 0.3) is 0 Å². The van der Waals surface area contributed by atoms with E-state index in [0.717, 1.165) is 24.1 Å². The molecule has 1 saturated heterocycles. The summed E-state index contributed by atoms with van der Waals surface area (Å²) in [5.41, 5.74) is 2.21. The summed E-state index contributed by atoms with van der Waals surface area (Å²) in [5.74, 6) is -0.198. The number of carbonyl (C=O) groups excluding carboxylic acids is 1. The van der Waals surface area contributed by atoms with Crippen molar-refractivity contribution in [1.82, 2.24) is 4.90 Å². The van der Waals surface area contributed by atoms with Crippen LogP contribution in [0, 0.1) is 5.92 Å². The van der Waals surface area contributed by atoms with Gasteiger partial charge in [-0.1, -0.05) is 60.7 Å². The molecule has 0 aliphatic carbocycles. The van der Waals surface area contributed by atoms with Crippen LogP contribution in [0.15, 0.2) is 60.7 Å². The Kier molecular flexibility index (Phi) is 4.54. The highest BCUT2D eigenvalue weighted by Crippen LogP contribution is 2.25. The Hall–Kier alpha value is -2.13. The number of hydrogen-bond donors (Lipinski definition) is 1. The van der Waals surface area contributed by atoms with Gasteiger partial charge in [0, 0.05) is 13.1 Å². The average Bonchev–Trinajstić information content (AvgIpc) is 2.90. The SMILES string of the molecule is O=C1[C@@H]([C@@H](O)Cc2ccccc2)CCN1Cc1ccccc1. The topological polar surface area (TPSA) is 40.5 Å². The van der Waals surface area contributed by atoms with Crippen LogP contribution in [-0.4, -0.2) is 28.6 Å². The third kappa shape index (κ3) is 3.37. The van der Waals surface area contributed by atoms with Gasteiger partial charge in [0.2, 0.25) is 5.91 Å². The summed E-state index contributed by atoms with van der Waals surface area (Å²) in [6, 6.07) is 19.9. The molecule has 2 aromatic carbocycles. The molecule has 0 unspecified atom stereocenters. The normalized spacial score (nSPS) is 19.4. The van der Waals surface area contributed by atoms with Gasteiger partial charge in [0.05, 0.1) is 12.0 Å². The number of benzene rings is 2. The molecule has 2 atom stereocenters. The molecule has 1 amide bonds. The summed E-state index contributed by atoms with van der Waals surface area (Å²) in [4.78, 5) is 14.4. The average molecular weight is 295 g/mol. The van der Waals surface area contributed by atoms with Gasteiger partial charge in [-0.3, -0.25) is 4.79 Å². The molecule has 114 valence electrons. The molecule has 1 fully saturated rings. The van der Waals surface area contributed by atoms with E-state index >= 15 is 0 Å². The maximum absolute atomic E-state index is 12.5. The van der Waals surface area contributed by atoms with Gasteiger partial charge in [0.15, 0.2) is 0 Å². The molecule has 22 heavy (non-hydrogen) atoms. The monoisotopic (exact) mass is 295 g/mol. The predicted molar refractivity (Wildman–Crippen MR) is 86.1 cm³/mol. The Morgan fingerprint density at radius 3 is 2.23 bits per heavy atom. The van der Waals surface area contributed by atoms with E-state index in [-0.39, 0.29) is 11.8 Å². The van der Waals surface area contributed by atoms with E-state index in [9.17, 15) is 9.90 Å². The highest BCUT2D eigenvalue weighted by molar-refractivity contribution is 5.81. The number of aliphatic hydroxyl groups is 1. The van der Waals surface area contributed by atoms with Gasteiger partial charge >= 0.3 is 0 Å². The highest BCUT2D eigenvalue weighted by Gasteiger charge is 2.36. The van der Waals surface area contributed by atoms with Crippen LogP contribution in [0.25, 0.3) is 0 Å². The van der Waals surface area contributed by atoms with Crippen LogP contribution >= 0.6 is 0 Å². The van der Waals surface area contributed by atoms with Crippen LogP contribution < -0.4 is 0 Å². The number of nitrogens with zero attached hydrogens (tertiary/aromatic N) is 1. The second-order valence-corrected chi connectivity index (χ2v) is 5.90. The van der Waals surface area contributed by atoms with Gasteiger partial charge < -0.3 is 10.0 Å². The second kappa shape index (κ2) is 6.75. The molecule has 1 heterocycles. The van der Waals surface area contributed by atoms with Gasteiger partial charge in [-0.15, -0.1) is 0 Å². The minimum Gasteiger partial charge on any atom is -0.392 e. The molecule has 0 saturated carbocycles. The third-order valence-corrected chi connectivity index (χ3v) is 4.31. The number of rotatable bonds is 5. The summed E-state index contributed by atoms with van der Waals surface area (Å²) in [6.45, 7) is 1.36. The number of amides is 1. The molecular weight excluding hydrogens is 274 g/mol. The predicted octanol–water partition coefficient (Wildman–Crippen LogP) is 2.64. The fourth-order valence-electron chi connectivity index (χ4n) is 3.08. The van der Waals surface area contributed by atoms with Crippen LogP contribution in [0.5, 0.6) is 0 Å². The van der Waals surface area contributed by atoms with E-state index in [1.165, 1.54) is 0 Å². The Morgan fingerprint density at radius 2 is 1.59 bits per heavy atom. The first-order chi connectivity index (χ1) is 10.7. The Morgan fingerprint density at radius 1 is 1.00 bits per heavy atom. The zero-order valence-electron chi connectivity index (χ0n) is 12.6. The molecule has 1 aliphatic rings. The largest absolute Gasteiger partial charge is 0.392 e. The summed E-state index contributed by atoms with van der Waals surface area (Å²) < 4.78 is 0. The standard InChI is InChI=1S/C19H21NO2/c21-18(13-15-7-3-1-4-8-15)17-11-12-20(19(17)22)14-16-9-5-2-6-10-16/h1-10,17-18,21H,11-14H2/t17-,18+/m1/s1. The Balaban J connectivity index is 1.61. The lowest BCUT2D eigenvalue weighted by Gasteiger charge is -2.19. The number of likely N-dealkylation sites (tertiary alicyclic amines) is 1. The van der Waals surface area contributed by atoms with Crippen LogP contribution in [0.3, 0.4) is 0 Å². The molecule has 2 aromatic rings. The number of hydrogen-bond acceptors (Lipinski definition) is 2. The van der Waals surface area contributed by atoms with Crippen molar-refractivity contribution in [3.8, 4) is 0 Å². The molecule has 3 nitrogen and oxygen atoms in total. The molecule has 3 rings (SSSR count). The lowest BCUT2D eigenvalue weighted by molar-refractivity contribution is -0.134. The van der Waals surface area contributed by atoms with Crippen molar-refractivity contribution in [3.05, 3.63) is 71.8 Å². The maximum Gasteiger partial charge on any atom is 0.228 e. The molecule has 3 heteroatoms. The first-order valence-corrected chi connectivity index (χ1v) is 7.79. The van der Waals surface area contributed by atoms with E-state index in [2.05, 4.69) is 0 Å². The van der Waals surface area contributed by atoms with E-state index in [1.54, 1.807) is 0 Å². The zero-order valence-corrected chi connectivity index (χ0v) is 12.6. The summed E-state index contributed by atoms with van der Waals surface area (Å²) in [7, 11) is 0. The fourth-order valence-corrected chi connectivity index (χ4v) is 3.08. The van der Waals surface area contributed by atoms with Crippen molar-refractivity contribution in [3.63, 3.8) is 0 Å². The molecular formula is C19H21NO2. The van der Waals surface area contributed by atoms with Crippen molar-refractivity contribution in [1.29, 1.82) is 0 Å². The highest BCUT2D eigenvalue weighted by atomic mass is 16.3. The van der Waals surface area contributed by atoms with Gasteiger partial charge in [-0.05, 0) is 24.0 Å². The maximum atomic E-state index is 12.5. The summed E-state index contributed by atoms with van der Waals surface area (Å²) in [6.07, 6.45) is 0.673. The van der Waals surface area contributed by atoms with E-state index < -0.39 is 6.10 Å². The van der Waals surface area contributed by atoms with Gasteiger partial charge in [-0.2, -0.15) is 0 Å². The summed E-state index contributed by atoms with van der Waals surface area (Å²) >= 11 is 0. The number of carbonyl (C=O) groups is 1. The van der Waals surface area contributed by atoms with Crippen molar-refractivity contribution < 1.29 is 9.90 Å².